The number of aromatic nitrogens is 1. The third-order valence-electron chi connectivity index (χ3n) is 5.09. The Kier molecular flexibility index (Phi) is 4.23. The van der Waals surface area contributed by atoms with Crippen molar-refractivity contribution in [3.05, 3.63) is 17.3 Å². The molecule has 0 aliphatic carbocycles. The number of piperazine rings is 1. The number of anilines is 1. The maximum atomic E-state index is 12.9. The molecule has 3 amide bonds. The molecule has 0 saturated carbocycles. The van der Waals surface area contributed by atoms with Crippen LogP contribution in [0.25, 0.3) is 0 Å². The molecule has 2 saturated heterocycles. The molecule has 3 aliphatic heterocycles. The lowest BCUT2D eigenvalue weighted by atomic mass is 10.0. The normalized spacial score (nSPS) is 23.1. The van der Waals surface area contributed by atoms with E-state index in [1.165, 1.54) is 12.0 Å². The zero-order valence-electron chi connectivity index (χ0n) is 14.6. The molecule has 3 aliphatic rings. The fourth-order valence-corrected chi connectivity index (χ4v) is 3.73. The number of methoxy groups -OCH3 is 1. The first kappa shape index (κ1) is 16.8. The summed E-state index contributed by atoms with van der Waals surface area (Å²) in [5.41, 5.74) is 1.03. The molecule has 0 aromatic carbocycles. The summed E-state index contributed by atoms with van der Waals surface area (Å²) in [5.74, 6) is 0.255. The van der Waals surface area contributed by atoms with Crippen molar-refractivity contribution in [3.8, 4) is 5.75 Å². The van der Waals surface area contributed by atoms with Crippen LogP contribution >= 0.6 is 0 Å². The topological polar surface area (TPSA) is 104 Å². The zero-order chi connectivity index (χ0) is 18.3. The largest absolute Gasteiger partial charge is 0.496 e. The van der Waals surface area contributed by atoms with Crippen molar-refractivity contribution in [3.63, 3.8) is 0 Å². The summed E-state index contributed by atoms with van der Waals surface area (Å²) >= 11 is 0. The Morgan fingerprint density at radius 1 is 1.23 bits per heavy atom. The summed E-state index contributed by atoms with van der Waals surface area (Å²) in [6, 6.07) is 1.14. The molecule has 4 heterocycles. The van der Waals surface area contributed by atoms with Crippen LogP contribution in [0.3, 0.4) is 0 Å². The molecule has 138 valence electrons. The molecule has 1 aromatic rings. The number of hydrogen-bond acceptors (Lipinski definition) is 7. The Morgan fingerprint density at radius 2 is 2.00 bits per heavy atom. The molecule has 0 spiro atoms. The number of ether oxygens (including phenoxy) is 1. The van der Waals surface area contributed by atoms with Gasteiger partial charge in [-0.2, -0.15) is 0 Å². The highest BCUT2D eigenvalue weighted by Gasteiger charge is 2.41. The van der Waals surface area contributed by atoms with Crippen LogP contribution in [0.2, 0.25) is 0 Å². The molecule has 0 radical (unpaired) electrons. The van der Waals surface area contributed by atoms with Crippen molar-refractivity contribution in [2.75, 3.05) is 38.2 Å². The quantitative estimate of drug-likeness (QED) is 0.685. The van der Waals surface area contributed by atoms with Crippen molar-refractivity contribution in [1.82, 2.24) is 20.5 Å². The highest BCUT2D eigenvalue weighted by Crippen LogP contribution is 2.35. The van der Waals surface area contributed by atoms with Gasteiger partial charge in [0, 0.05) is 38.7 Å². The van der Waals surface area contributed by atoms with E-state index in [9.17, 15) is 14.4 Å². The second kappa shape index (κ2) is 6.56. The third-order valence-corrected chi connectivity index (χ3v) is 5.09. The van der Waals surface area contributed by atoms with Gasteiger partial charge in [-0.05, 0) is 6.42 Å². The Balaban J connectivity index is 1.64. The van der Waals surface area contributed by atoms with E-state index in [0.717, 1.165) is 32.0 Å². The number of nitrogens with zero attached hydrogens (tertiary/aromatic N) is 3. The molecule has 0 bridgehead atoms. The van der Waals surface area contributed by atoms with Crippen LogP contribution in [0.4, 0.5) is 5.82 Å². The fraction of sp³-hybridized carbons (Fsp3) is 0.529. The average Bonchev–Trinajstić information content (AvgIpc) is 2.98. The minimum absolute atomic E-state index is 0.229. The van der Waals surface area contributed by atoms with E-state index < -0.39 is 11.9 Å². The van der Waals surface area contributed by atoms with E-state index in [4.69, 9.17) is 4.74 Å². The van der Waals surface area contributed by atoms with E-state index in [1.54, 1.807) is 6.07 Å². The first-order valence-electron chi connectivity index (χ1n) is 8.76. The average molecular weight is 359 g/mol. The summed E-state index contributed by atoms with van der Waals surface area (Å²) in [4.78, 5) is 44.8. The first-order valence-corrected chi connectivity index (χ1v) is 8.76. The predicted molar refractivity (Wildman–Crippen MR) is 91.9 cm³/mol. The number of piperidine rings is 1. The summed E-state index contributed by atoms with van der Waals surface area (Å²) in [6.07, 6.45) is 0.560. The van der Waals surface area contributed by atoms with Crippen LogP contribution in [-0.4, -0.2) is 66.9 Å². The number of imide groups is 1. The second-order valence-electron chi connectivity index (χ2n) is 6.64. The van der Waals surface area contributed by atoms with Gasteiger partial charge in [-0.1, -0.05) is 0 Å². The minimum Gasteiger partial charge on any atom is -0.496 e. The van der Waals surface area contributed by atoms with Crippen molar-refractivity contribution in [1.29, 1.82) is 0 Å². The van der Waals surface area contributed by atoms with Crippen LogP contribution in [0.1, 0.15) is 28.9 Å². The van der Waals surface area contributed by atoms with E-state index in [2.05, 4.69) is 20.5 Å². The van der Waals surface area contributed by atoms with Crippen LogP contribution < -0.4 is 20.3 Å². The van der Waals surface area contributed by atoms with Crippen molar-refractivity contribution >= 4 is 23.5 Å². The monoisotopic (exact) mass is 359 g/mol. The number of amides is 3. The number of rotatable bonds is 3. The molecule has 4 rings (SSSR count). The van der Waals surface area contributed by atoms with E-state index >= 15 is 0 Å². The third kappa shape index (κ3) is 2.78. The molecule has 1 unspecified atom stereocenters. The summed E-state index contributed by atoms with van der Waals surface area (Å²) in [6.45, 7) is 3.67. The van der Waals surface area contributed by atoms with Gasteiger partial charge in [0.15, 0.2) is 0 Å². The predicted octanol–water partition coefficient (Wildman–Crippen LogP) is -0.739. The zero-order valence-corrected chi connectivity index (χ0v) is 14.6. The van der Waals surface area contributed by atoms with Gasteiger partial charge in [-0.3, -0.25) is 19.7 Å². The Morgan fingerprint density at radius 3 is 2.69 bits per heavy atom. The van der Waals surface area contributed by atoms with Gasteiger partial charge in [-0.25, -0.2) is 4.98 Å². The van der Waals surface area contributed by atoms with Gasteiger partial charge in [0.05, 0.1) is 19.3 Å². The molecular weight excluding hydrogens is 338 g/mol. The van der Waals surface area contributed by atoms with Gasteiger partial charge in [0.2, 0.25) is 11.8 Å². The lowest BCUT2D eigenvalue weighted by Gasteiger charge is -2.29. The van der Waals surface area contributed by atoms with Crippen LogP contribution in [0.15, 0.2) is 6.07 Å². The van der Waals surface area contributed by atoms with Gasteiger partial charge in [0.1, 0.15) is 23.2 Å². The first-order chi connectivity index (χ1) is 12.6. The Labute approximate surface area is 150 Å². The maximum absolute atomic E-state index is 12.9. The molecular formula is C17H21N5O4. The van der Waals surface area contributed by atoms with Crippen LogP contribution in [0, 0.1) is 0 Å². The summed E-state index contributed by atoms with van der Waals surface area (Å²) in [5, 5.41) is 5.60. The van der Waals surface area contributed by atoms with Gasteiger partial charge >= 0.3 is 0 Å². The number of pyridine rings is 1. The summed E-state index contributed by atoms with van der Waals surface area (Å²) in [7, 11) is 1.53. The van der Waals surface area contributed by atoms with E-state index in [0.29, 0.717) is 23.4 Å². The molecule has 26 heavy (non-hydrogen) atoms. The van der Waals surface area contributed by atoms with E-state index in [1.807, 2.05) is 0 Å². The van der Waals surface area contributed by atoms with Crippen molar-refractivity contribution in [2.45, 2.75) is 25.4 Å². The number of fused-ring (bicyclic) bond motifs is 1. The van der Waals surface area contributed by atoms with Gasteiger partial charge in [-0.15, -0.1) is 0 Å². The number of hydrogen-bond donors (Lipinski definition) is 2. The molecule has 2 fully saturated rings. The SMILES string of the molecule is COc1cc(N2CCNCC2)nc2c1C(=O)N(C1CCC(=O)NC1=O)C2. The highest BCUT2D eigenvalue weighted by molar-refractivity contribution is 6.06. The Hall–Kier alpha value is -2.68. The number of nitrogens with one attached hydrogen (secondary N) is 2. The maximum Gasteiger partial charge on any atom is 0.260 e. The molecule has 2 N–H and O–H groups in total. The molecule has 9 heteroatoms. The van der Waals surface area contributed by atoms with Crippen LogP contribution in [-0.2, 0) is 16.1 Å². The minimum atomic E-state index is -0.651. The number of carbonyl (C=O) groups excluding carboxylic acids is 3. The molecule has 9 nitrogen and oxygen atoms in total. The lowest BCUT2D eigenvalue weighted by Crippen LogP contribution is -2.52. The summed E-state index contributed by atoms with van der Waals surface area (Å²) < 4.78 is 5.45. The highest BCUT2D eigenvalue weighted by atomic mass is 16.5. The smallest absolute Gasteiger partial charge is 0.260 e. The standard InChI is InChI=1S/C17H21N5O4/c1-26-12-8-13(21-6-4-18-5-7-21)19-10-9-22(17(25)15(10)12)11-2-3-14(23)20-16(11)24/h8,11,18H,2-7,9H2,1H3,(H,20,23,24). The van der Waals surface area contributed by atoms with Crippen molar-refractivity contribution < 1.29 is 19.1 Å². The lowest BCUT2D eigenvalue weighted by molar-refractivity contribution is -0.136. The Bertz CT molecular complexity index is 775. The van der Waals surface area contributed by atoms with Gasteiger partial charge in [0.25, 0.3) is 5.91 Å². The molecule has 1 atom stereocenters. The number of carbonyl (C=O) groups is 3. The van der Waals surface area contributed by atoms with Crippen molar-refractivity contribution in [2.24, 2.45) is 0 Å². The molecule has 1 aromatic heterocycles. The van der Waals surface area contributed by atoms with E-state index in [-0.39, 0.29) is 24.8 Å². The van der Waals surface area contributed by atoms with Crippen LogP contribution in [0.5, 0.6) is 5.75 Å². The van der Waals surface area contributed by atoms with Gasteiger partial charge < -0.3 is 19.9 Å². The fourth-order valence-electron chi connectivity index (χ4n) is 3.73. The second-order valence-corrected chi connectivity index (χ2v) is 6.64.